The summed E-state index contributed by atoms with van der Waals surface area (Å²) in [5, 5.41) is 6.28. The Labute approximate surface area is 159 Å². The Morgan fingerprint density at radius 3 is 2.62 bits per heavy atom. The second-order valence-electron chi connectivity index (χ2n) is 8.01. The molecule has 3 heterocycles. The van der Waals surface area contributed by atoms with Gasteiger partial charge in [0.25, 0.3) is 0 Å². The molecule has 0 spiro atoms. The Kier molecular flexibility index (Phi) is 6.04. The first-order valence-electron chi connectivity index (χ1n) is 9.26. The molecule has 1 amide bonds. The number of pyridine rings is 1. The summed E-state index contributed by atoms with van der Waals surface area (Å²) in [6.45, 7) is 8.80. The van der Waals surface area contributed by atoms with E-state index in [-0.39, 0.29) is 11.9 Å². The normalized spacial score (nSPS) is 17.8. The highest BCUT2D eigenvalue weighted by Gasteiger charge is 2.33. The van der Waals surface area contributed by atoms with Gasteiger partial charge in [-0.15, -0.1) is 11.3 Å². The zero-order chi connectivity index (χ0) is 18.6. The number of hydrogen-bond donors (Lipinski definition) is 1. The lowest BCUT2D eigenvalue weighted by atomic mass is 9.87. The number of rotatable bonds is 5. The smallest absolute Gasteiger partial charge is 0.225 e. The van der Waals surface area contributed by atoms with Crippen LogP contribution in [0.5, 0.6) is 0 Å². The van der Waals surface area contributed by atoms with E-state index in [1.54, 1.807) is 11.3 Å². The molecule has 0 radical (unpaired) electrons. The van der Waals surface area contributed by atoms with Crippen LogP contribution >= 0.6 is 11.3 Å². The molecule has 6 heteroatoms. The van der Waals surface area contributed by atoms with Gasteiger partial charge in [-0.05, 0) is 44.0 Å². The van der Waals surface area contributed by atoms with Crippen molar-refractivity contribution in [2.24, 2.45) is 11.3 Å². The fourth-order valence-electron chi connectivity index (χ4n) is 3.29. The van der Waals surface area contributed by atoms with E-state index in [9.17, 15) is 4.79 Å². The summed E-state index contributed by atoms with van der Waals surface area (Å²) < 4.78 is 0. The van der Waals surface area contributed by atoms with Gasteiger partial charge in [0.2, 0.25) is 5.91 Å². The molecule has 1 saturated heterocycles. The first-order valence-corrected chi connectivity index (χ1v) is 10.1. The van der Waals surface area contributed by atoms with E-state index in [2.05, 4.69) is 26.3 Å². The van der Waals surface area contributed by atoms with Crippen LogP contribution in [0.1, 0.15) is 50.4 Å². The number of carbonyl (C=O) groups excluding carboxylic acids is 1. The lowest BCUT2D eigenvalue weighted by molar-refractivity contribution is -0.129. The second kappa shape index (κ2) is 8.27. The summed E-state index contributed by atoms with van der Waals surface area (Å²) in [4.78, 5) is 23.9. The van der Waals surface area contributed by atoms with Gasteiger partial charge in [0.15, 0.2) is 0 Å². The lowest BCUT2D eigenvalue weighted by Crippen LogP contribution is -2.43. The summed E-state index contributed by atoms with van der Waals surface area (Å²) in [7, 11) is 0. The molecular weight excluding hydrogens is 344 g/mol. The maximum atomic E-state index is 12.6. The molecule has 3 rings (SSSR count). The van der Waals surface area contributed by atoms with E-state index in [0.717, 1.165) is 43.2 Å². The van der Waals surface area contributed by atoms with Crippen LogP contribution < -0.4 is 5.32 Å². The molecule has 5 nitrogen and oxygen atoms in total. The van der Waals surface area contributed by atoms with Gasteiger partial charge in [-0.1, -0.05) is 26.8 Å². The highest BCUT2D eigenvalue weighted by Crippen LogP contribution is 2.33. The molecule has 26 heavy (non-hydrogen) atoms. The topological polar surface area (TPSA) is 58.1 Å². The van der Waals surface area contributed by atoms with Crippen molar-refractivity contribution in [3.8, 4) is 0 Å². The summed E-state index contributed by atoms with van der Waals surface area (Å²) in [6, 6.07) is 6.08. The average Bonchev–Trinajstić information content (AvgIpc) is 3.15. The van der Waals surface area contributed by atoms with Crippen LogP contribution in [0.2, 0.25) is 0 Å². The van der Waals surface area contributed by atoms with E-state index in [4.69, 9.17) is 0 Å². The molecule has 1 aliphatic rings. The second-order valence-corrected chi connectivity index (χ2v) is 8.93. The van der Waals surface area contributed by atoms with Crippen molar-refractivity contribution in [1.29, 1.82) is 0 Å². The van der Waals surface area contributed by atoms with Crippen LogP contribution in [0.15, 0.2) is 36.0 Å². The number of hydrogen-bond acceptors (Lipinski definition) is 5. The molecule has 1 aliphatic heterocycles. The van der Waals surface area contributed by atoms with Gasteiger partial charge in [-0.2, -0.15) is 0 Å². The van der Waals surface area contributed by atoms with Crippen molar-refractivity contribution in [2.45, 2.75) is 46.2 Å². The quantitative estimate of drug-likeness (QED) is 0.870. The zero-order valence-electron chi connectivity index (χ0n) is 15.8. The van der Waals surface area contributed by atoms with E-state index >= 15 is 0 Å². The average molecular weight is 373 g/mol. The Morgan fingerprint density at radius 1 is 1.27 bits per heavy atom. The minimum absolute atomic E-state index is 0.0127. The molecule has 140 valence electrons. The Bertz CT molecular complexity index is 688. The molecule has 2 aromatic heterocycles. The van der Waals surface area contributed by atoms with Gasteiger partial charge in [-0.3, -0.25) is 14.7 Å². The first kappa shape index (κ1) is 19.0. The summed E-state index contributed by atoms with van der Waals surface area (Å²) in [5.41, 5.74) is 0.721. The molecule has 1 N–H and O–H groups in total. The van der Waals surface area contributed by atoms with Crippen LogP contribution in [-0.4, -0.2) is 33.9 Å². The van der Waals surface area contributed by atoms with Crippen molar-refractivity contribution in [3.63, 3.8) is 0 Å². The number of amides is 1. The minimum atomic E-state index is -0.394. The predicted molar refractivity (Wildman–Crippen MR) is 105 cm³/mol. The molecule has 1 atom stereocenters. The number of nitrogens with one attached hydrogen (secondary N) is 1. The van der Waals surface area contributed by atoms with Crippen LogP contribution in [0, 0.1) is 11.3 Å². The fourth-order valence-corrected chi connectivity index (χ4v) is 4.07. The van der Waals surface area contributed by atoms with Crippen molar-refractivity contribution < 1.29 is 4.79 Å². The highest BCUT2D eigenvalue weighted by atomic mass is 32.1. The Morgan fingerprint density at radius 2 is 2.04 bits per heavy atom. The van der Waals surface area contributed by atoms with Crippen LogP contribution in [0.25, 0.3) is 0 Å². The summed E-state index contributed by atoms with van der Waals surface area (Å²) in [5.74, 6) is 0.515. The van der Waals surface area contributed by atoms with Gasteiger partial charge >= 0.3 is 0 Å². The molecule has 0 bridgehead atoms. The monoisotopic (exact) mass is 372 g/mol. The number of nitrogens with zero attached hydrogens (tertiary/aromatic N) is 3. The number of thiazole rings is 1. The highest BCUT2D eigenvalue weighted by molar-refractivity contribution is 7.09. The van der Waals surface area contributed by atoms with Gasteiger partial charge < -0.3 is 5.32 Å². The van der Waals surface area contributed by atoms with Crippen molar-refractivity contribution in [1.82, 2.24) is 20.2 Å². The van der Waals surface area contributed by atoms with Crippen LogP contribution in [-0.2, 0) is 11.3 Å². The Balaban J connectivity index is 1.63. The number of piperidine rings is 1. The predicted octanol–water partition coefficient (Wildman–Crippen LogP) is 3.65. The minimum Gasteiger partial charge on any atom is -0.346 e. The molecule has 2 aromatic rings. The van der Waals surface area contributed by atoms with E-state index in [1.165, 1.54) is 0 Å². The summed E-state index contributed by atoms with van der Waals surface area (Å²) in [6.07, 6.45) is 5.79. The van der Waals surface area contributed by atoms with Crippen molar-refractivity contribution >= 4 is 17.2 Å². The van der Waals surface area contributed by atoms with Crippen molar-refractivity contribution in [2.75, 3.05) is 13.1 Å². The van der Waals surface area contributed by atoms with Gasteiger partial charge in [0.1, 0.15) is 5.01 Å². The van der Waals surface area contributed by atoms with Crippen LogP contribution in [0.4, 0.5) is 0 Å². The fraction of sp³-hybridized carbons (Fsp3) is 0.550. The Hall–Kier alpha value is -1.79. The third-order valence-corrected chi connectivity index (χ3v) is 5.76. The molecule has 0 saturated carbocycles. The van der Waals surface area contributed by atoms with Gasteiger partial charge in [0.05, 0.1) is 11.7 Å². The van der Waals surface area contributed by atoms with Gasteiger partial charge in [0, 0.05) is 29.7 Å². The third-order valence-electron chi connectivity index (χ3n) is 4.90. The maximum absolute atomic E-state index is 12.6. The zero-order valence-corrected chi connectivity index (χ0v) is 16.6. The number of carbonyl (C=O) groups is 1. The maximum Gasteiger partial charge on any atom is 0.225 e. The van der Waals surface area contributed by atoms with Crippen LogP contribution in [0.3, 0.4) is 0 Å². The standard InChI is InChI=1S/C20H28N4OS/c1-20(2,3)19(25)23-17(18-22-10-13-26-18)15-7-11-24(12-8-15)14-16-6-4-5-9-21-16/h4-6,9-10,13,15,17H,7-8,11-12,14H2,1-3H3,(H,23,25). The van der Waals surface area contributed by atoms with E-state index in [1.807, 2.05) is 50.7 Å². The molecule has 0 aliphatic carbocycles. The molecule has 1 fully saturated rings. The third kappa shape index (κ3) is 4.89. The first-order chi connectivity index (χ1) is 12.4. The SMILES string of the molecule is CC(C)(C)C(=O)NC(c1nccs1)C1CCN(Cc2ccccn2)CC1. The van der Waals surface area contributed by atoms with E-state index < -0.39 is 5.41 Å². The molecular formula is C20H28N4OS. The van der Waals surface area contributed by atoms with Gasteiger partial charge in [-0.25, -0.2) is 4.98 Å². The van der Waals surface area contributed by atoms with E-state index in [0.29, 0.717) is 5.92 Å². The number of aromatic nitrogens is 2. The number of likely N-dealkylation sites (tertiary alicyclic amines) is 1. The largest absolute Gasteiger partial charge is 0.346 e. The van der Waals surface area contributed by atoms with Crippen molar-refractivity contribution in [3.05, 3.63) is 46.7 Å². The molecule has 1 unspecified atom stereocenters. The molecule has 0 aromatic carbocycles. The summed E-state index contributed by atoms with van der Waals surface area (Å²) >= 11 is 1.63. The lowest BCUT2D eigenvalue weighted by Gasteiger charge is -2.36.